The first-order chi connectivity index (χ1) is 16.7. The Morgan fingerprint density at radius 3 is 2.60 bits per heavy atom. The summed E-state index contributed by atoms with van der Waals surface area (Å²) in [7, 11) is -1.91. The third kappa shape index (κ3) is 5.39. The van der Waals surface area contributed by atoms with Gasteiger partial charge in [0, 0.05) is 29.8 Å². The Labute approximate surface area is 209 Å². The van der Waals surface area contributed by atoms with Gasteiger partial charge in [0.15, 0.2) is 0 Å². The van der Waals surface area contributed by atoms with Crippen molar-refractivity contribution in [3.63, 3.8) is 0 Å². The number of carbonyl (C=O) groups excluding carboxylic acids is 2. The molecule has 0 fully saturated rings. The highest BCUT2D eigenvalue weighted by atomic mass is 32.2. The van der Waals surface area contributed by atoms with Gasteiger partial charge in [0.1, 0.15) is 0 Å². The first-order valence-electron chi connectivity index (χ1n) is 11.0. The predicted molar refractivity (Wildman–Crippen MR) is 137 cm³/mol. The lowest BCUT2D eigenvalue weighted by molar-refractivity contribution is -0.119. The van der Waals surface area contributed by atoms with E-state index >= 15 is 0 Å². The van der Waals surface area contributed by atoms with Crippen LogP contribution in [-0.2, 0) is 19.6 Å². The van der Waals surface area contributed by atoms with Crippen LogP contribution in [0.25, 0.3) is 0 Å². The van der Waals surface area contributed by atoms with Gasteiger partial charge in [-0.15, -0.1) is 11.3 Å². The highest BCUT2D eigenvalue weighted by Gasteiger charge is 2.44. The fourth-order valence-electron chi connectivity index (χ4n) is 4.32. The number of sulfonamides is 1. The molecule has 0 aliphatic carbocycles. The molecule has 10 heteroatoms. The lowest BCUT2D eigenvalue weighted by Crippen LogP contribution is -2.47. The smallest absolute Gasteiger partial charge is 0.254 e. The second kappa shape index (κ2) is 10.2. The Hall–Kier alpha value is -3.21. The van der Waals surface area contributed by atoms with Crippen LogP contribution in [0.1, 0.15) is 38.3 Å². The van der Waals surface area contributed by atoms with Crippen molar-refractivity contribution < 1.29 is 22.7 Å². The third-order valence-electron chi connectivity index (χ3n) is 5.89. The van der Waals surface area contributed by atoms with Crippen LogP contribution >= 0.6 is 11.3 Å². The average molecular weight is 514 g/mol. The second-order valence-electron chi connectivity index (χ2n) is 8.41. The van der Waals surface area contributed by atoms with E-state index < -0.39 is 22.0 Å². The molecule has 1 aliphatic rings. The van der Waals surface area contributed by atoms with E-state index in [1.54, 1.807) is 49.3 Å². The number of hydrogen-bond acceptors (Lipinski definition) is 6. The van der Waals surface area contributed by atoms with Crippen molar-refractivity contribution in [3.8, 4) is 0 Å². The van der Waals surface area contributed by atoms with Crippen LogP contribution in [0.3, 0.4) is 0 Å². The van der Waals surface area contributed by atoms with Crippen LogP contribution in [-0.4, -0.2) is 51.6 Å². The van der Waals surface area contributed by atoms with E-state index in [0.29, 0.717) is 35.7 Å². The van der Waals surface area contributed by atoms with E-state index in [-0.39, 0.29) is 11.8 Å². The van der Waals surface area contributed by atoms with E-state index in [1.165, 1.54) is 11.3 Å². The molecule has 2 heterocycles. The van der Waals surface area contributed by atoms with Gasteiger partial charge < -0.3 is 15.0 Å². The van der Waals surface area contributed by atoms with Gasteiger partial charge in [-0.2, -0.15) is 0 Å². The fourth-order valence-corrected chi connectivity index (χ4v) is 5.81. The standard InChI is InChI=1S/C25H27N3O5S2/c1-16-10-11-17(15-20(16)27-35(3,31)32)26-24(29)22-18-7-4-5-8-19(18)25(30)28(12-13-33-2)23(22)21-9-6-14-34-21/h4-11,14-15,22-23,27H,12-13H2,1-3H3,(H,26,29). The van der Waals surface area contributed by atoms with Crippen molar-refractivity contribution in [2.45, 2.75) is 18.9 Å². The highest BCUT2D eigenvalue weighted by Crippen LogP contribution is 2.44. The molecule has 2 N–H and O–H groups in total. The molecule has 35 heavy (non-hydrogen) atoms. The van der Waals surface area contributed by atoms with Gasteiger partial charge in [-0.3, -0.25) is 14.3 Å². The van der Waals surface area contributed by atoms with Crippen molar-refractivity contribution in [2.75, 3.05) is 36.6 Å². The lowest BCUT2D eigenvalue weighted by atomic mass is 9.81. The molecule has 2 amide bonds. The Kier molecular flexibility index (Phi) is 7.25. The van der Waals surface area contributed by atoms with Gasteiger partial charge in [0.2, 0.25) is 15.9 Å². The molecule has 8 nitrogen and oxygen atoms in total. The van der Waals surface area contributed by atoms with E-state index in [4.69, 9.17) is 4.74 Å². The Morgan fingerprint density at radius 2 is 1.91 bits per heavy atom. The summed E-state index contributed by atoms with van der Waals surface area (Å²) < 4.78 is 31.2. The zero-order valence-electron chi connectivity index (χ0n) is 19.6. The van der Waals surface area contributed by atoms with Gasteiger partial charge in [0.25, 0.3) is 5.91 Å². The molecule has 2 unspecified atom stereocenters. The molecule has 2 atom stereocenters. The molecule has 0 radical (unpaired) electrons. The highest BCUT2D eigenvalue weighted by molar-refractivity contribution is 7.92. The number of ether oxygens (including phenoxy) is 1. The summed E-state index contributed by atoms with van der Waals surface area (Å²) in [5, 5.41) is 4.87. The minimum atomic E-state index is -3.48. The molecule has 3 aromatic rings. The molecule has 2 aromatic carbocycles. The van der Waals surface area contributed by atoms with E-state index in [2.05, 4.69) is 10.0 Å². The maximum absolute atomic E-state index is 13.8. The summed E-state index contributed by atoms with van der Waals surface area (Å²) in [6.07, 6.45) is 1.08. The SMILES string of the molecule is COCCN1C(=O)c2ccccc2C(C(=O)Nc2ccc(C)c(NS(C)(=O)=O)c2)C1c1cccs1. The van der Waals surface area contributed by atoms with Crippen LogP contribution in [0.2, 0.25) is 0 Å². The zero-order valence-corrected chi connectivity index (χ0v) is 21.3. The van der Waals surface area contributed by atoms with Gasteiger partial charge in [0.05, 0.1) is 30.5 Å². The number of methoxy groups -OCH3 is 1. The number of anilines is 2. The summed E-state index contributed by atoms with van der Waals surface area (Å²) in [5.74, 6) is -1.11. The average Bonchev–Trinajstić information content (AvgIpc) is 3.34. The molecule has 1 aromatic heterocycles. The molecule has 184 valence electrons. The van der Waals surface area contributed by atoms with Crippen LogP contribution < -0.4 is 10.0 Å². The maximum atomic E-state index is 13.8. The van der Waals surface area contributed by atoms with Gasteiger partial charge in [-0.05, 0) is 47.7 Å². The molecular weight excluding hydrogens is 486 g/mol. The van der Waals surface area contributed by atoms with Crippen LogP contribution in [0.4, 0.5) is 11.4 Å². The van der Waals surface area contributed by atoms with E-state index in [9.17, 15) is 18.0 Å². The Balaban J connectivity index is 1.75. The normalized spacial score (nSPS) is 17.7. The molecule has 1 aliphatic heterocycles. The number of aryl methyl sites for hydroxylation is 1. The number of fused-ring (bicyclic) bond motifs is 1. The van der Waals surface area contributed by atoms with E-state index in [0.717, 1.165) is 16.7 Å². The quantitative estimate of drug-likeness (QED) is 0.474. The van der Waals surface area contributed by atoms with Crippen LogP contribution in [0.15, 0.2) is 60.0 Å². The fraction of sp³-hybridized carbons (Fsp3) is 0.280. The summed E-state index contributed by atoms with van der Waals surface area (Å²) >= 11 is 1.49. The number of nitrogens with one attached hydrogen (secondary N) is 2. The number of thiophene rings is 1. The monoisotopic (exact) mass is 513 g/mol. The van der Waals surface area contributed by atoms with Crippen molar-refractivity contribution in [1.82, 2.24) is 4.90 Å². The van der Waals surface area contributed by atoms with E-state index in [1.807, 2.05) is 29.6 Å². The minimum Gasteiger partial charge on any atom is -0.383 e. The van der Waals surface area contributed by atoms with Gasteiger partial charge in [-0.1, -0.05) is 30.3 Å². The first kappa shape index (κ1) is 24.9. The number of nitrogens with zero attached hydrogens (tertiary/aromatic N) is 1. The second-order valence-corrected chi connectivity index (χ2v) is 11.1. The molecular formula is C25H27N3O5S2. The maximum Gasteiger partial charge on any atom is 0.254 e. The summed E-state index contributed by atoms with van der Waals surface area (Å²) in [4.78, 5) is 29.9. The number of carbonyl (C=O) groups is 2. The number of hydrogen-bond donors (Lipinski definition) is 2. The Morgan fingerprint density at radius 1 is 1.14 bits per heavy atom. The Bertz CT molecular complexity index is 1340. The van der Waals surface area contributed by atoms with Crippen molar-refractivity contribution in [1.29, 1.82) is 0 Å². The van der Waals surface area contributed by atoms with Crippen molar-refractivity contribution in [3.05, 3.63) is 81.5 Å². The summed E-state index contributed by atoms with van der Waals surface area (Å²) in [6, 6.07) is 15.5. The first-order valence-corrected chi connectivity index (χ1v) is 13.8. The lowest BCUT2D eigenvalue weighted by Gasteiger charge is -2.41. The van der Waals surface area contributed by atoms with Gasteiger partial charge >= 0.3 is 0 Å². The van der Waals surface area contributed by atoms with Crippen LogP contribution in [0.5, 0.6) is 0 Å². The van der Waals surface area contributed by atoms with Crippen LogP contribution in [0, 0.1) is 6.92 Å². The number of rotatable bonds is 8. The zero-order chi connectivity index (χ0) is 25.2. The number of amides is 2. The third-order valence-corrected chi connectivity index (χ3v) is 7.43. The molecule has 0 saturated carbocycles. The molecule has 0 saturated heterocycles. The summed E-state index contributed by atoms with van der Waals surface area (Å²) in [6.45, 7) is 2.45. The molecule has 0 bridgehead atoms. The number of benzene rings is 2. The molecule has 4 rings (SSSR count). The van der Waals surface area contributed by atoms with Crippen molar-refractivity contribution >= 4 is 44.5 Å². The largest absolute Gasteiger partial charge is 0.383 e. The molecule has 0 spiro atoms. The topological polar surface area (TPSA) is 105 Å². The summed E-state index contributed by atoms with van der Waals surface area (Å²) in [5.41, 5.74) is 2.71. The van der Waals surface area contributed by atoms with Gasteiger partial charge in [-0.25, -0.2) is 8.42 Å². The van der Waals surface area contributed by atoms with Crippen molar-refractivity contribution in [2.24, 2.45) is 0 Å². The minimum absolute atomic E-state index is 0.143. The predicted octanol–water partition coefficient (Wildman–Crippen LogP) is 3.99.